The molecule has 0 bridgehead atoms. The third-order valence-electron chi connectivity index (χ3n) is 3.03. The van der Waals surface area contributed by atoms with Crippen molar-refractivity contribution in [3.05, 3.63) is 63.9 Å². The summed E-state index contributed by atoms with van der Waals surface area (Å²) in [6, 6.07) is 11.2. The van der Waals surface area contributed by atoms with Crippen LogP contribution in [0, 0.1) is 12.7 Å². The van der Waals surface area contributed by atoms with Gasteiger partial charge in [-0.1, -0.05) is 34.1 Å². The van der Waals surface area contributed by atoms with E-state index in [-0.39, 0.29) is 17.3 Å². The molecule has 0 spiro atoms. The molecule has 0 aromatic heterocycles. The Morgan fingerprint density at radius 2 is 1.95 bits per heavy atom. The third-order valence-corrected chi connectivity index (χ3v) is 5.13. The van der Waals surface area contributed by atoms with Crippen molar-refractivity contribution in [2.24, 2.45) is 0 Å². The Kier molecular flexibility index (Phi) is 5.13. The number of sulfonamides is 1. The lowest BCUT2D eigenvalue weighted by Gasteiger charge is -2.10. The molecule has 0 aliphatic carbocycles. The predicted octanol–water partition coefficient (Wildman–Crippen LogP) is 3.42. The van der Waals surface area contributed by atoms with Crippen molar-refractivity contribution >= 4 is 26.0 Å². The number of rotatable bonds is 5. The zero-order valence-corrected chi connectivity index (χ0v) is 13.8. The maximum absolute atomic E-state index is 13.0. The highest BCUT2D eigenvalue weighted by Crippen LogP contribution is 2.20. The second-order valence-corrected chi connectivity index (χ2v) is 7.34. The molecule has 2 aromatic rings. The molecule has 1 N–H and O–H groups in total. The van der Waals surface area contributed by atoms with Gasteiger partial charge < -0.3 is 0 Å². The average Bonchev–Trinajstić information content (AvgIpc) is 2.41. The van der Waals surface area contributed by atoms with Crippen LogP contribution in [0.2, 0.25) is 0 Å². The van der Waals surface area contributed by atoms with Crippen molar-refractivity contribution in [3.8, 4) is 0 Å². The molecule has 0 atom stereocenters. The predicted molar refractivity (Wildman–Crippen MR) is 84.2 cm³/mol. The molecule has 2 rings (SSSR count). The van der Waals surface area contributed by atoms with Gasteiger partial charge in [0.2, 0.25) is 10.0 Å². The van der Waals surface area contributed by atoms with Crippen LogP contribution < -0.4 is 4.72 Å². The van der Waals surface area contributed by atoms with Crippen molar-refractivity contribution in [2.45, 2.75) is 18.2 Å². The van der Waals surface area contributed by atoms with Gasteiger partial charge in [0, 0.05) is 11.0 Å². The lowest BCUT2D eigenvalue weighted by atomic mass is 10.1. The number of hydrogen-bond acceptors (Lipinski definition) is 2. The van der Waals surface area contributed by atoms with Gasteiger partial charge >= 0.3 is 0 Å². The van der Waals surface area contributed by atoms with Crippen molar-refractivity contribution in [2.75, 3.05) is 6.54 Å². The Hall–Kier alpha value is -1.24. The highest BCUT2D eigenvalue weighted by atomic mass is 79.9. The summed E-state index contributed by atoms with van der Waals surface area (Å²) in [7, 11) is -3.57. The minimum Gasteiger partial charge on any atom is -0.211 e. The van der Waals surface area contributed by atoms with E-state index < -0.39 is 10.0 Å². The maximum atomic E-state index is 13.0. The Morgan fingerprint density at radius 1 is 1.19 bits per heavy atom. The van der Waals surface area contributed by atoms with E-state index in [1.54, 1.807) is 37.3 Å². The quantitative estimate of drug-likeness (QED) is 0.874. The summed E-state index contributed by atoms with van der Waals surface area (Å²) >= 11 is 3.27. The first kappa shape index (κ1) is 16.1. The topological polar surface area (TPSA) is 46.2 Å². The molecule has 0 radical (unpaired) electrons. The zero-order chi connectivity index (χ0) is 15.5. The number of halogens is 2. The van der Waals surface area contributed by atoms with Crippen molar-refractivity contribution in [1.29, 1.82) is 0 Å². The molecular formula is C15H15BrFNO2S. The van der Waals surface area contributed by atoms with Crippen LogP contribution in [0.5, 0.6) is 0 Å². The smallest absolute Gasteiger partial charge is 0.211 e. The van der Waals surface area contributed by atoms with Gasteiger partial charge in [-0.05, 0) is 48.7 Å². The van der Waals surface area contributed by atoms with E-state index in [0.29, 0.717) is 16.5 Å². The molecule has 0 saturated carbocycles. The first-order valence-corrected chi connectivity index (χ1v) is 8.66. The van der Waals surface area contributed by atoms with E-state index in [9.17, 15) is 12.8 Å². The molecule has 0 heterocycles. The van der Waals surface area contributed by atoms with Crippen molar-refractivity contribution in [1.82, 2.24) is 4.72 Å². The Bertz CT molecular complexity index is 747. The van der Waals surface area contributed by atoms with Gasteiger partial charge in [-0.3, -0.25) is 0 Å². The second kappa shape index (κ2) is 6.68. The van der Waals surface area contributed by atoms with E-state index in [4.69, 9.17) is 0 Å². The van der Waals surface area contributed by atoms with E-state index in [0.717, 1.165) is 5.56 Å². The van der Waals surface area contributed by atoms with Crippen LogP contribution in [0.1, 0.15) is 11.1 Å². The fraction of sp³-hybridized carbons (Fsp3) is 0.200. The monoisotopic (exact) mass is 371 g/mol. The standard InChI is InChI=1S/C15H15BrFNO2S/c1-11-5-6-13(16)10-15(11)21(19,20)18-8-7-12-3-2-4-14(17)9-12/h2-6,9-10,18H,7-8H2,1H3. The summed E-state index contributed by atoms with van der Waals surface area (Å²) in [4.78, 5) is 0.246. The lowest BCUT2D eigenvalue weighted by Crippen LogP contribution is -2.26. The fourth-order valence-electron chi connectivity index (χ4n) is 1.96. The van der Waals surface area contributed by atoms with Gasteiger partial charge in [0.25, 0.3) is 0 Å². The highest BCUT2D eigenvalue weighted by Gasteiger charge is 2.16. The fourth-order valence-corrected chi connectivity index (χ4v) is 3.78. The van der Waals surface area contributed by atoms with Crippen LogP contribution in [0.15, 0.2) is 51.8 Å². The number of hydrogen-bond donors (Lipinski definition) is 1. The molecule has 6 heteroatoms. The van der Waals surface area contributed by atoms with Gasteiger partial charge in [-0.2, -0.15) is 0 Å². The summed E-state index contributed by atoms with van der Waals surface area (Å²) in [5.41, 5.74) is 1.43. The minimum atomic E-state index is -3.57. The molecule has 21 heavy (non-hydrogen) atoms. The zero-order valence-electron chi connectivity index (χ0n) is 11.4. The normalized spacial score (nSPS) is 11.6. The van der Waals surface area contributed by atoms with Crippen LogP contribution in [0.4, 0.5) is 4.39 Å². The highest BCUT2D eigenvalue weighted by molar-refractivity contribution is 9.10. The van der Waals surface area contributed by atoms with Crippen LogP contribution in [-0.2, 0) is 16.4 Å². The molecule has 0 amide bonds. The number of nitrogens with one attached hydrogen (secondary N) is 1. The maximum Gasteiger partial charge on any atom is 0.240 e. The molecule has 0 fully saturated rings. The van der Waals surface area contributed by atoms with Crippen LogP contribution in [0.25, 0.3) is 0 Å². The first-order valence-electron chi connectivity index (χ1n) is 6.39. The Balaban J connectivity index is 2.06. The van der Waals surface area contributed by atoms with E-state index >= 15 is 0 Å². The summed E-state index contributed by atoms with van der Waals surface area (Å²) in [6.07, 6.45) is 0.435. The second-order valence-electron chi connectivity index (χ2n) is 4.69. The van der Waals surface area contributed by atoms with E-state index in [1.165, 1.54) is 12.1 Å². The minimum absolute atomic E-state index is 0.220. The van der Waals surface area contributed by atoms with E-state index in [2.05, 4.69) is 20.7 Å². The molecule has 0 saturated heterocycles. The van der Waals surface area contributed by atoms with Crippen LogP contribution >= 0.6 is 15.9 Å². The van der Waals surface area contributed by atoms with Gasteiger partial charge in [-0.15, -0.1) is 0 Å². The van der Waals surface area contributed by atoms with Crippen molar-refractivity contribution < 1.29 is 12.8 Å². The van der Waals surface area contributed by atoms with Gasteiger partial charge in [0.1, 0.15) is 5.82 Å². The molecule has 0 aliphatic heterocycles. The number of aryl methyl sites for hydroxylation is 1. The molecular weight excluding hydrogens is 357 g/mol. The average molecular weight is 372 g/mol. The summed E-state index contributed by atoms with van der Waals surface area (Å²) in [5.74, 6) is -0.321. The Morgan fingerprint density at radius 3 is 2.67 bits per heavy atom. The van der Waals surface area contributed by atoms with Gasteiger partial charge in [-0.25, -0.2) is 17.5 Å². The van der Waals surface area contributed by atoms with Crippen molar-refractivity contribution in [3.63, 3.8) is 0 Å². The third kappa shape index (κ3) is 4.36. The van der Waals surface area contributed by atoms with Crippen LogP contribution in [-0.4, -0.2) is 15.0 Å². The SMILES string of the molecule is Cc1ccc(Br)cc1S(=O)(=O)NCCc1cccc(F)c1. The summed E-state index contributed by atoms with van der Waals surface area (Å²) in [6.45, 7) is 1.96. The summed E-state index contributed by atoms with van der Waals surface area (Å²) < 4.78 is 40.8. The van der Waals surface area contributed by atoms with Crippen LogP contribution in [0.3, 0.4) is 0 Å². The van der Waals surface area contributed by atoms with Gasteiger partial charge in [0.15, 0.2) is 0 Å². The molecule has 112 valence electrons. The molecule has 0 unspecified atom stereocenters. The summed E-state index contributed by atoms with van der Waals surface area (Å²) in [5, 5.41) is 0. The lowest BCUT2D eigenvalue weighted by molar-refractivity contribution is 0.580. The molecule has 3 nitrogen and oxygen atoms in total. The first-order chi connectivity index (χ1) is 9.88. The number of benzene rings is 2. The largest absolute Gasteiger partial charge is 0.240 e. The van der Waals surface area contributed by atoms with E-state index in [1.807, 2.05) is 0 Å². The molecule has 0 aliphatic rings. The molecule has 2 aromatic carbocycles. The van der Waals surface area contributed by atoms with Gasteiger partial charge in [0.05, 0.1) is 4.90 Å². The Labute approximate surface area is 132 Å².